The average Bonchev–Trinajstić information content (AvgIpc) is 3.18. The third kappa shape index (κ3) is 4.87. The molecular formula is C13H16ClN3O2. The Bertz CT molecular complexity index is 475. The maximum Gasteiger partial charge on any atom is 0.269 e. The summed E-state index contributed by atoms with van der Waals surface area (Å²) in [6, 6.07) is 5.27. The summed E-state index contributed by atoms with van der Waals surface area (Å²) in [5, 5.41) is 5.90. The van der Waals surface area contributed by atoms with E-state index in [0.717, 1.165) is 12.8 Å². The maximum atomic E-state index is 11.7. The molecule has 0 aliphatic heterocycles. The SMILES string of the molecule is O=C(CCCNC(=O)c1cccc(Cl)n1)NC1CC1. The van der Waals surface area contributed by atoms with Gasteiger partial charge in [0, 0.05) is 19.0 Å². The number of carbonyl (C=O) groups excluding carboxylic acids is 2. The second-order valence-corrected chi connectivity index (χ2v) is 4.93. The smallest absolute Gasteiger partial charge is 0.269 e. The fraction of sp³-hybridized carbons (Fsp3) is 0.462. The highest BCUT2D eigenvalue weighted by atomic mass is 35.5. The van der Waals surface area contributed by atoms with Gasteiger partial charge in [-0.2, -0.15) is 0 Å². The van der Waals surface area contributed by atoms with Crippen LogP contribution in [0.5, 0.6) is 0 Å². The molecule has 1 aliphatic rings. The van der Waals surface area contributed by atoms with E-state index in [1.807, 2.05) is 0 Å². The van der Waals surface area contributed by atoms with E-state index in [1.54, 1.807) is 18.2 Å². The molecule has 1 fully saturated rings. The lowest BCUT2D eigenvalue weighted by Crippen LogP contribution is -2.28. The Kier molecular flexibility index (Phi) is 4.74. The minimum absolute atomic E-state index is 0.0534. The second-order valence-electron chi connectivity index (χ2n) is 4.55. The summed E-state index contributed by atoms with van der Waals surface area (Å²) < 4.78 is 0. The van der Waals surface area contributed by atoms with Crippen molar-refractivity contribution >= 4 is 23.4 Å². The summed E-state index contributed by atoms with van der Waals surface area (Å²) in [5.74, 6) is -0.220. The summed E-state index contributed by atoms with van der Waals surface area (Å²) in [5.41, 5.74) is 0.287. The Labute approximate surface area is 116 Å². The van der Waals surface area contributed by atoms with Gasteiger partial charge in [-0.05, 0) is 31.4 Å². The first kappa shape index (κ1) is 13.8. The largest absolute Gasteiger partial charge is 0.353 e. The molecule has 0 atom stereocenters. The van der Waals surface area contributed by atoms with Gasteiger partial charge in [-0.15, -0.1) is 0 Å². The predicted octanol–water partition coefficient (Wildman–Crippen LogP) is 1.52. The third-order valence-electron chi connectivity index (χ3n) is 2.76. The fourth-order valence-corrected chi connectivity index (χ4v) is 1.77. The van der Waals surface area contributed by atoms with E-state index >= 15 is 0 Å². The molecule has 1 aliphatic carbocycles. The van der Waals surface area contributed by atoms with Crippen molar-refractivity contribution in [2.75, 3.05) is 6.54 Å². The number of rotatable bonds is 6. The van der Waals surface area contributed by atoms with Crippen molar-refractivity contribution < 1.29 is 9.59 Å². The van der Waals surface area contributed by atoms with Crippen molar-refractivity contribution in [3.05, 3.63) is 29.0 Å². The summed E-state index contributed by atoms with van der Waals surface area (Å²) in [4.78, 5) is 27.0. The quantitative estimate of drug-likeness (QED) is 0.613. The summed E-state index contributed by atoms with van der Waals surface area (Å²) in [6.45, 7) is 0.450. The molecule has 19 heavy (non-hydrogen) atoms. The van der Waals surface area contributed by atoms with Crippen molar-refractivity contribution in [3.63, 3.8) is 0 Å². The lowest BCUT2D eigenvalue weighted by Gasteiger charge is -2.05. The monoisotopic (exact) mass is 281 g/mol. The van der Waals surface area contributed by atoms with Crippen molar-refractivity contribution in [2.45, 2.75) is 31.7 Å². The van der Waals surface area contributed by atoms with Crippen LogP contribution in [-0.4, -0.2) is 29.4 Å². The summed E-state index contributed by atoms with van der Waals surface area (Å²) in [7, 11) is 0. The van der Waals surface area contributed by atoms with Crippen molar-refractivity contribution in [2.24, 2.45) is 0 Å². The Morgan fingerprint density at radius 2 is 2.16 bits per heavy atom. The van der Waals surface area contributed by atoms with Crippen LogP contribution < -0.4 is 10.6 Å². The normalized spacial score (nSPS) is 13.9. The van der Waals surface area contributed by atoms with Gasteiger partial charge in [0.05, 0.1) is 0 Å². The van der Waals surface area contributed by atoms with Crippen LogP contribution in [0, 0.1) is 0 Å². The molecule has 0 saturated heterocycles. The molecule has 0 aromatic carbocycles. The molecule has 2 amide bonds. The Morgan fingerprint density at radius 1 is 1.37 bits per heavy atom. The second kappa shape index (κ2) is 6.52. The average molecular weight is 282 g/mol. The van der Waals surface area contributed by atoms with Crippen LogP contribution in [0.4, 0.5) is 0 Å². The zero-order valence-electron chi connectivity index (χ0n) is 10.5. The van der Waals surface area contributed by atoms with Crippen LogP contribution in [0.2, 0.25) is 5.15 Å². The summed E-state index contributed by atoms with van der Waals surface area (Å²) in [6.07, 6.45) is 3.22. The molecule has 102 valence electrons. The van der Waals surface area contributed by atoms with E-state index in [2.05, 4.69) is 15.6 Å². The van der Waals surface area contributed by atoms with Crippen LogP contribution in [0.3, 0.4) is 0 Å². The summed E-state index contributed by atoms with van der Waals surface area (Å²) >= 11 is 5.70. The molecule has 2 rings (SSSR count). The van der Waals surface area contributed by atoms with Gasteiger partial charge in [-0.3, -0.25) is 9.59 Å². The Hall–Kier alpha value is -1.62. The first-order valence-corrected chi connectivity index (χ1v) is 6.73. The van der Waals surface area contributed by atoms with E-state index in [-0.39, 0.29) is 22.7 Å². The first-order valence-electron chi connectivity index (χ1n) is 6.35. The maximum absolute atomic E-state index is 11.7. The van der Waals surface area contributed by atoms with Crippen LogP contribution in [0.25, 0.3) is 0 Å². The van der Waals surface area contributed by atoms with Gasteiger partial charge >= 0.3 is 0 Å². The fourth-order valence-electron chi connectivity index (χ4n) is 1.60. The van der Waals surface area contributed by atoms with Crippen LogP contribution in [-0.2, 0) is 4.79 Å². The van der Waals surface area contributed by atoms with Crippen LogP contribution >= 0.6 is 11.6 Å². The van der Waals surface area contributed by atoms with Gasteiger partial charge in [0.25, 0.3) is 5.91 Å². The number of hydrogen-bond acceptors (Lipinski definition) is 3. The minimum Gasteiger partial charge on any atom is -0.353 e. The molecule has 1 saturated carbocycles. The van der Waals surface area contributed by atoms with Gasteiger partial charge in [-0.25, -0.2) is 4.98 Å². The number of pyridine rings is 1. The molecular weight excluding hydrogens is 266 g/mol. The molecule has 0 bridgehead atoms. The van der Waals surface area contributed by atoms with E-state index in [0.29, 0.717) is 25.4 Å². The Balaban J connectivity index is 1.64. The number of hydrogen-bond donors (Lipinski definition) is 2. The van der Waals surface area contributed by atoms with Crippen molar-refractivity contribution in [3.8, 4) is 0 Å². The number of amides is 2. The zero-order chi connectivity index (χ0) is 13.7. The highest BCUT2D eigenvalue weighted by Gasteiger charge is 2.22. The number of carbonyl (C=O) groups is 2. The van der Waals surface area contributed by atoms with E-state index in [9.17, 15) is 9.59 Å². The van der Waals surface area contributed by atoms with Gasteiger partial charge in [0.15, 0.2) is 0 Å². The standard InChI is InChI=1S/C13H16ClN3O2/c14-11-4-1-3-10(17-11)13(19)15-8-2-5-12(18)16-9-6-7-9/h1,3-4,9H,2,5-8H2,(H,15,19)(H,16,18). The van der Waals surface area contributed by atoms with Gasteiger partial charge in [0.1, 0.15) is 10.8 Å². The number of nitrogens with zero attached hydrogens (tertiary/aromatic N) is 1. The van der Waals surface area contributed by atoms with Crippen LogP contribution in [0.1, 0.15) is 36.2 Å². The molecule has 5 nitrogen and oxygen atoms in total. The molecule has 1 heterocycles. The molecule has 2 N–H and O–H groups in total. The van der Waals surface area contributed by atoms with Crippen LogP contribution in [0.15, 0.2) is 18.2 Å². The predicted molar refractivity (Wildman–Crippen MR) is 72.0 cm³/mol. The lowest BCUT2D eigenvalue weighted by molar-refractivity contribution is -0.121. The third-order valence-corrected chi connectivity index (χ3v) is 2.97. The first-order chi connectivity index (χ1) is 9.15. The molecule has 0 radical (unpaired) electrons. The lowest BCUT2D eigenvalue weighted by atomic mass is 10.2. The molecule has 0 unspecified atom stereocenters. The van der Waals surface area contributed by atoms with Crippen molar-refractivity contribution in [1.82, 2.24) is 15.6 Å². The molecule has 0 spiro atoms. The minimum atomic E-state index is -0.273. The van der Waals surface area contributed by atoms with Gasteiger partial charge in [-0.1, -0.05) is 17.7 Å². The Morgan fingerprint density at radius 3 is 2.84 bits per heavy atom. The van der Waals surface area contributed by atoms with E-state index in [1.165, 1.54) is 0 Å². The molecule has 1 aromatic rings. The number of halogens is 1. The highest BCUT2D eigenvalue weighted by Crippen LogP contribution is 2.18. The van der Waals surface area contributed by atoms with E-state index < -0.39 is 0 Å². The number of aromatic nitrogens is 1. The van der Waals surface area contributed by atoms with E-state index in [4.69, 9.17) is 11.6 Å². The van der Waals surface area contributed by atoms with Crippen molar-refractivity contribution in [1.29, 1.82) is 0 Å². The zero-order valence-corrected chi connectivity index (χ0v) is 11.2. The van der Waals surface area contributed by atoms with Gasteiger partial charge in [0.2, 0.25) is 5.91 Å². The highest BCUT2D eigenvalue weighted by molar-refractivity contribution is 6.29. The number of nitrogens with one attached hydrogen (secondary N) is 2. The molecule has 1 aromatic heterocycles. The van der Waals surface area contributed by atoms with Gasteiger partial charge < -0.3 is 10.6 Å². The topological polar surface area (TPSA) is 71.1 Å². The molecule has 6 heteroatoms.